The molecule has 1 heterocycles. The van der Waals surface area contributed by atoms with Crippen LogP contribution < -0.4 is 4.74 Å². The van der Waals surface area contributed by atoms with Gasteiger partial charge < -0.3 is 9.84 Å². The van der Waals surface area contributed by atoms with Gasteiger partial charge in [-0.05, 0) is 30.7 Å². The number of benzene rings is 2. The van der Waals surface area contributed by atoms with Gasteiger partial charge in [-0.15, -0.1) is 0 Å². The largest absolute Gasteiger partial charge is 0.508 e. The van der Waals surface area contributed by atoms with Gasteiger partial charge in [0.2, 0.25) is 0 Å². The van der Waals surface area contributed by atoms with E-state index in [2.05, 4.69) is 0 Å². The molecule has 0 aromatic heterocycles. The number of phenolic OH excluding ortho intramolecular Hbond substituents is 1. The van der Waals surface area contributed by atoms with Crippen molar-refractivity contribution in [2.75, 3.05) is 0 Å². The summed E-state index contributed by atoms with van der Waals surface area (Å²) < 4.78 is 5.95. The average molecular weight is 266 g/mol. The molecular formula is C17H14O3. The molecule has 1 atom stereocenters. The number of hydrogen-bond donors (Lipinski definition) is 1. The highest BCUT2D eigenvalue weighted by Crippen LogP contribution is 2.39. The van der Waals surface area contributed by atoms with Gasteiger partial charge in [0.1, 0.15) is 11.5 Å². The summed E-state index contributed by atoms with van der Waals surface area (Å²) in [6.07, 6.45) is 1.37. The second-order valence-electron chi connectivity index (χ2n) is 4.66. The van der Waals surface area contributed by atoms with Crippen LogP contribution in [0.3, 0.4) is 0 Å². The first-order chi connectivity index (χ1) is 9.70. The number of rotatable bonds is 1. The van der Waals surface area contributed by atoms with Crippen LogP contribution in [0.5, 0.6) is 11.5 Å². The van der Waals surface area contributed by atoms with Crippen LogP contribution in [0, 0.1) is 0 Å². The van der Waals surface area contributed by atoms with E-state index in [-0.39, 0.29) is 11.5 Å². The quantitative estimate of drug-likeness (QED) is 0.801. The van der Waals surface area contributed by atoms with E-state index in [9.17, 15) is 9.90 Å². The Morgan fingerprint density at radius 1 is 1.15 bits per heavy atom. The molecule has 0 radical (unpaired) electrons. The Kier molecular flexibility index (Phi) is 3.03. The van der Waals surface area contributed by atoms with Crippen LogP contribution in [-0.4, -0.2) is 10.9 Å². The van der Waals surface area contributed by atoms with Crippen LogP contribution in [0.1, 0.15) is 28.9 Å². The number of phenols is 1. The van der Waals surface area contributed by atoms with Gasteiger partial charge in [-0.2, -0.15) is 0 Å². The van der Waals surface area contributed by atoms with Crippen LogP contribution >= 0.6 is 0 Å². The fourth-order valence-electron chi connectivity index (χ4n) is 2.42. The first-order valence-corrected chi connectivity index (χ1v) is 6.46. The molecule has 3 heteroatoms. The molecule has 3 nitrogen and oxygen atoms in total. The predicted molar refractivity (Wildman–Crippen MR) is 76.0 cm³/mol. The van der Waals surface area contributed by atoms with Crippen molar-refractivity contribution >= 4 is 5.78 Å². The number of Topliss-reactive ketones (excluding diaryl/α,β-unsaturated/α-hetero) is 1. The number of carbonyl (C=O) groups excluding carboxylic acids is 1. The van der Waals surface area contributed by atoms with Gasteiger partial charge >= 0.3 is 0 Å². The molecule has 0 amide bonds. The number of allylic oxidation sites excluding steroid dienone is 1. The Morgan fingerprint density at radius 3 is 2.60 bits per heavy atom. The second kappa shape index (κ2) is 4.85. The van der Waals surface area contributed by atoms with Crippen molar-refractivity contribution in [2.24, 2.45) is 0 Å². The van der Waals surface area contributed by atoms with E-state index in [1.807, 2.05) is 37.3 Å². The minimum Gasteiger partial charge on any atom is -0.508 e. The highest BCUT2D eigenvalue weighted by molar-refractivity contribution is 6.12. The molecule has 2 aromatic rings. The zero-order valence-corrected chi connectivity index (χ0v) is 11.0. The summed E-state index contributed by atoms with van der Waals surface area (Å²) in [5, 5.41) is 9.52. The highest BCUT2D eigenvalue weighted by Gasteiger charge is 2.32. The van der Waals surface area contributed by atoms with Crippen molar-refractivity contribution in [1.29, 1.82) is 0 Å². The molecule has 0 fully saturated rings. The van der Waals surface area contributed by atoms with E-state index in [1.165, 1.54) is 12.1 Å². The summed E-state index contributed by atoms with van der Waals surface area (Å²) in [4.78, 5) is 12.5. The molecule has 20 heavy (non-hydrogen) atoms. The summed E-state index contributed by atoms with van der Waals surface area (Å²) in [5.74, 6) is 0.472. The second-order valence-corrected chi connectivity index (χ2v) is 4.66. The SMILES string of the molecule is C/C=C1/C(=O)c2cc(O)ccc2OC1c1ccccc1. The minimum atomic E-state index is -0.397. The molecular weight excluding hydrogens is 252 g/mol. The molecule has 0 saturated heterocycles. The maximum absolute atomic E-state index is 12.5. The van der Waals surface area contributed by atoms with Gasteiger partial charge in [0, 0.05) is 5.57 Å². The van der Waals surface area contributed by atoms with Gasteiger partial charge in [0.15, 0.2) is 11.9 Å². The molecule has 0 aliphatic carbocycles. The van der Waals surface area contributed by atoms with E-state index >= 15 is 0 Å². The van der Waals surface area contributed by atoms with Crippen LogP contribution in [0.2, 0.25) is 0 Å². The number of ether oxygens (including phenoxy) is 1. The van der Waals surface area contributed by atoms with E-state index in [4.69, 9.17) is 4.74 Å². The Balaban J connectivity index is 2.11. The Hall–Kier alpha value is -2.55. The fourth-order valence-corrected chi connectivity index (χ4v) is 2.42. The van der Waals surface area contributed by atoms with E-state index < -0.39 is 6.10 Å². The van der Waals surface area contributed by atoms with Crippen LogP contribution in [0.4, 0.5) is 0 Å². The Morgan fingerprint density at radius 2 is 1.90 bits per heavy atom. The molecule has 1 N–H and O–H groups in total. The maximum atomic E-state index is 12.5. The summed E-state index contributed by atoms with van der Waals surface area (Å²) in [6, 6.07) is 14.2. The Bertz CT molecular complexity index is 687. The first-order valence-electron chi connectivity index (χ1n) is 6.46. The lowest BCUT2D eigenvalue weighted by Crippen LogP contribution is -2.23. The van der Waals surface area contributed by atoms with Crippen molar-refractivity contribution in [3.63, 3.8) is 0 Å². The summed E-state index contributed by atoms with van der Waals surface area (Å²) in [6.45, 7) is 1.82. The van der Waals surface area contributed by atoms with Crippen molar-refractivity contribution in [3.8, 4) is 11.5 Å². The van der Waals surface area contributed by atoms with Crippen molar-refractivity contribution in [1.82, 2.24) is 0 Å². The first kappa shape index (κ1) is 12.5. The standard InChI is InChI=1S/C17H14O3/c1-2-13-16(19)14-10-12(18)8-9-15(14)20-17(13)11-6-4-3-5-7-11/h2-10,17-18H,1H3/b13-2-. The fraction of sp³-hybridized carbons (Fsp3) is 0.118. The number of ketones is 1. The minimum absolute atomic E-state index is 0.0642. The van der Waals surface area contributed by atoms with E-state index in [1.54, 1.807) is 12.1 Å². The number of hydrogen-bond acceptors (Lipinski definition) is 3. The predicted octanol–water partition coefficient (Wildman–Crippen LogP) is 3.65. The lowest BCUT2D eigenvalue weighted by Gasteiger charge is -2.28. The smallest absolute Gasteiger partial charge is 0.196 e. The summed E-state index contributed by atoms with van der Waals surface area (Å²) in [7, 11) is 0. The van der Waals surface area contributed by atoms with Gasteiger partial charge in [0.25, 0.3) is 0 Å². The van der Waals surface area contributed by atoms with Crippen molar-refractivity contribution in [3.05, 3.63) is 71.3 Å². The highest BCUT2D eigenvalue weighted by atomic mass is 16.5. The topological polar surface area (TPSA) is 46.5 Å². The molecule has 0 bridgehead atoms. The van der Waals surface area contributed by atoms with Crippen molar-refractivity contribution in [2.45, 2.75) is 13.0 Å². The molecule has 0 saturated carbocycles. The third-order valence-electron chi connectivity index (χ3n) is 3.41. The lowest BCUT2D eigenvalue weighted by molar-refractivity contribution is 0.0960. The average Bonchev–Trinajstić information content (AvgIpc) is 2.48. The lowest BCUT2D eigenvalue weighted by atomic mass is 9.91. The third-order valence-corrected chi connectivity index (χ3v) is 3.41. The number of fused-ring (bicyclic) bond motifs is 1. The Labute approximate surface area is 117 Å². The summed E-state index contributed by atoms with van der Waals surface area (Å²) in [5.41, 5.74) is 1.94. The van der Waals surface area contributed by atoms with Crippen LogP contribution in [0.15, 0.2) is 60.2 Å². The van der Waals surface area contributed by atoms with Gasteiger partial charge in [-0.25, -0.2) is 0 Å². The molecule has 1 unspecified atom stereocenters. The molecule has 100 valence electrons. The molecule has 3 rings (SSSR count). The summed E-state index contributed by atoms with van der Waals surface area (Å²) >= 11 is 0. The molecule has 2 aromatic carbocycles. The van der Waals surface area contributed by atoms with E-state index in [0.29, 0.717) is 16.9 Å². The zero-order chi connectivity index (χ0) is 14.1. The number of carbonyl (C=O) groups is 1. The third kappa shape index (κ3) is 1.97. The monoisotopic (exact) mass is 266 g/mol. The van der Waals surface area contributed by atoms with Crippen LogP contribution in [0.25, 0.3) is 0 Å². The molecule has 0 spiro atoms. The zero-order valence-electron chi connectivity index (χ0n) is 11.0. The maximum Gasteiger partial charge on any atom is 0.196 e. The van der Waals surface area contributed by atoms with E-state index in [0.717, 1.165) is 5.56 Å². The van der Waals surface area contributed by atoms with Gasteiger partial charge in [0.05, 0.1) is 5.56 Å². The number of aromatic hydroxyl groups is 1. The molecule has 1 aliphatic rings. The van der Waals surface area contributed by atoms with Crippen molar-refractivity contribution < 1.29 is 14.6 Å². The van der Waals surface area contributed by atoms with Gasteiger partial charge in [-0.3, -0.25) is 4.79 Å². The molecule has 1 aliphatic heterocycles. The van der Waals surface area contributed by atoms with Crippen LogP contribution in [-0.2, 0) is 0 Å². The van der Waals surface area contributed by atoms with Gasteiger partial charge in [-0.1, -0.05) is 36.4 Å². The normalized spacial score (nSPS) is 19.6.